The fourth-order valence-electron chi connectivity index (χ4n) is 2.13. The summed E-state index contributed by atoms with van der Waals surface area (Å²) in [7, 11) is 0. The molecule has 0 amide bonds. The summed E-state index contributed by atoms with van der Waals surface area (Å²) in [5, 5.41) is 6.97. The molecule has 0 bridgehead atoms. The van der Waals surface area contributed by atoms with Crippen LogP contribution in [0.5, 0.6) is 0 Å². The number of halogens is 1. The molecule has 1 atom stereocenters. The fourth-order valence-corrected chi connectivity index (χ4v) is 2.13. The standard InChI is InChI=1S/C13H18N2O.ClH/c1-13(8-2-3-9-14-13)15-12-6-4-11(10-16)5-7-12;/h4-7,10,14-15H,2-3,8-9H2,1H3;1H/t13-;/m1./s1. The SMILES string of the molecule is C[C@@]1(Nc2ccc(C=O)cc2)CCCCN1.Cl. The molecule has 0 aromatic heterocycles. The molecule has 0 saturated carbocycles. The first-order chi connectivity index (χ1) is 7.72. The molecule has 1 saturated heterocycles. The van der Waals surface area contributed by atoms with Crippen molar-refractivity contribution in [3.05, 3.63) is 29.8 Å². The van der Waals surface area contributed by atoms with Gasteiger partial charge in [-0.25, -0.2) is 0 Å². The second-order valence-corrected chi connectivity index (χ2v) is 4.58. The Labute approximate surface area is 108 Å². The quantitative estimate of drug-likeness (QED) is 0.815. The zero-order valence-corrected chi connectivity index (χ0v) is 10.8. The molecule has 1 aliphatic heterocycles. The van der Waals surface area contributed by atoms with Crippen molar-refractivity contribution in [2.45, 2.75) is 31.8 Å². The average Bonchev–Trinajstić information content (AvgIpc) is 2.30. The van der Waals surface area contributed by atoms with E-state index in [0.29, 0.717) is 5.56 Å². The van der Waals surface area contributed by atoms with Crippen LogP contribution in [0.25, 0.3) is 0 Å². The molecule has 2 N–H and O–H groups in total. The molecule has 0 unspecified atom stereocenters. The first-order valence-electron chi connectivity index (χ1n) is 5.80. The highest BCUT2D eigenvalue weighted by atomic mass is 35.5. The third kappa shape index (κ3) is 3.72. The lowest BCUT2D eigenvalue weighted by atomic mass is 9.99. The first kappa shape index (κ1) is 14.0. The molecule has 0 radical (unpaired) electrons. The first-order valence-corrected chi connectivity index (χ1v) is 5.80. The minimum Gasteiger partial charge on any atom is -0.367 e. The number of carbonyl (C=O) groups excluding carboxylic acids is 1. The van der Waals surface area contributed by atoms with Gasteiger partial charge in [0.2, 0.25) is 0 Å². The lowest BCUT2D eigenvalue weighted by Gasteiger charge is -2.36. The minimum atomic E-state index is -0.0130. The van der Waals surface area contributed by atoms with E-state index in [1.165, 1.54) is 12.8 Å². The predicted molar refractivity (Wildman–Crippen MR) is 73.0 cm³/mol. The van der Waals surface area contributed by atoms with Gasteiger partial charge in [-0.05, 0) is 57.0 Å². The number of hydrogen-bond donors (Lipinski definition) is 2. The Morgan fingerprint density at radius 3 is 2.53 bits per heavy atom. The largest absolute Gasteiger partial charge is 0.367 e. The van der Waals surface area contributed by atoms with Gasteiger partial charge in [0.15, 0.2) is 0 Å². The van der Waals surface area contributed by atoms with Crippen LogP contribution in [0.1, 0.15) is 36.5 Å². The molecule has 1 heterocycles. The van der Waals surface area contributed by atoms with Crippen LogP contribution in [0.3, 0.4) is 0 Å². The number of benzene rings is 1. The highest BCUT2D eigenvalue weighted by Gasteiger charge is 2.25. The number of rotatable bonds is 3. The molecule has 1 aliphatic rings. The van der Waals surface area contributed by atoms with E-state index in [1.807, 2.05) is 24.3 Å². The van der Waals surface area contributed by atoms with Gasteiger partial charge in [-0.2, -0.15) is 0 Å². The van der Waals surface area contributed by atoms with Crippen molar-refractivity contribution in [3.63, 3.8) is 0 Å². The molecule has 3 nitrogen and oxygen atoms in total. The van der Waals surface area contributed by atoms with Crippen LogP contribution in [-0.4, -0.2) is 18.5 Å². The van der Waals surface area contributed by atoms with Crippen molar-refractivity contribution in [1.29, 1.82) is 0 Å². The summed E-state index contributed by atoms with van der Waals surface area (Å²) in [4.78, 5) is 10.5. The fraction of sp³-hybridized carbons (Fsp3) is 0.462. The predicted octanol–water partition coefficient (Wildman–Crippen LogP) is 2.82. The van der Waals surface area contributed by atoms with E-state index >= 15 is 0 Å². The molecule has 4 heteroatoms. The van der Waals surface area contributed by atoms with E-state index in [2.05, 4.69) is 17.6 Å². The summed E-state index contributed by atoms with van der Waals surface area (Å²) in [6.07, 6.45) is 4.50. The Kier molecular flexibility index (Phi) is 4.97. The summed E-state index contributed by atoms with van der Waals surface area (Å²) in [6.45, 7) is 3.25. The van der Waals surface area contributed by atoms with Gasteiger partial charge in [-0.15, -0.1) is 12.4 Å². The molecule has 1 fully saturated rings. The molecule has 2 rings (SSSR count). The van der Waals surface area contributed by atoms with Crippen LogP contribution >= 0.6 is 12.4 Å². The van der Waals surface area contributed by atoms with Crippen LogP contribution in [0.2, 0.25) is 0 Å². The van der Waals surface area contributed by atoms with Crippen LogP contribution in [0, 0.1) is 0 Å². The summed E-state index contributed by atoms with van der Waals surface area (Å²) >= 11 is 0. The molecule has 1 aromatic carbocycles. The van der Waals surface area contributed by atoms with Gasteiger partial charge in [-0.1, -0.05) is 0 Å². The van der Waals surface area contributed by atoms with Crippen molar-refractivity contribution in [1.82, 2.24) is 5.32 Å². The van der Waals surface area contributed by atoms with Gasteiger partial charge in [0, 0.05) is 11.3 Å². The van der Waals surface area contributed by atoms with Crippen molar-refractivity contribution in [2.75, 3.05) is 11.9 Å². The van der Waals surface area contributed by atoms with E-state index in [4.69, 9.17) is 0 Å². The highest BCUT2D eigenvalue weighted by molar-refractivity contribution is 5.85. The second kappa shape index (κ2) is 6.03. The van der Waals surface area contributed by atoms with Crippen LogP contribution in [0.15, 0.2) is 24.3 Å². The van der Waals surface area contributed by atoms with Crippen LogP contribution in [0.4, 0.5) is 5.69 Å². The maximum atomic E-state index is 10.5. The Hall–Kier alpha value is -1.06. The number of aldehydes is 1. The number of hydrogen-bond acceptors (Lipinski definition) is 3. The number of carbonyl (C=O) groups is 1. The maximum Gasteiger partial charge on any atom is 0.150 e. The number of piperidine rings is 1. The number of anilines is 1. The average molecular weight is 255 g/mol. The Morgan fingerprint density at radius 2 is 2.00 bits per heavy atom. The molecule has 94 valence electrons. The van der Waals surface area contributed by atoms with Gasteiger partial charge in [0.1, 0.15) is 6.29 Å². The maximum absolute atomic E-state index is 10.5. The van der Waals surface area contributed by atoms with E-state index in [1.54, 1.807) is 0 Å². The molecule has 0 aliphatic carbocycles. The van der Waals surface area contributed by atoms with Crippen molar-refractivity contribution in [3.8, 4) is 0 Å². The zero-order valence-electron chi connectivity index (χ0n) is 10.0. The summed E-state index contributed by atoms with van der Waals surface area (Å²) in [5.41, 5.74) is 1.76. The smallest absolute Gasteiger partial charge is 0.150 e. The molecule has 1 aromatic rings. The van der Waals surface area contributed by atoms with Crippen molar-refractivity contribution < 1.29 is 4.79 Å². The molecule has 17 heavy (non-hydrogen) atoms. The molecular weight excluding hydrogens is 236 g/mol. The van der Waals surface area contributed by atoms with E-state index in [9.17, 15) is 4.79 Å². The highest BCUT2D eigenvalue weighted by Crippen LogP contribution is 2.21. The molecule has 0 spiro atoms. The van der Waals surface area contributed by atoms with Crippen molar-refractivity contribution in [2.24, 2.45) is 0 Å². The lowest BCUT2D eigenvalue weighted by Crippen LogP contribution is -2.52. The van der Waals surface area contributed by atoms with Gasteiger partial charge >= 0.3 is 0 Å². The normalized spacial score (nSPS) is 23.6. The zero-order chi connectivity index (χ0) is 11.4. The van der Waals surface area contributed by atoms with Crippen LogP contribution in [-0.2, 0) is 0 Å². The van der Waals surface area contributed by atoms with Crippen LogP contribution < -0.4 is 10.6 Å². The number of nitrogens with one attached hydrogen (secondary N) is 2. The van der Waals surface area contributed by atoms with Gasteiger partial charge in [0.05, 0.1) is 5.66 Å². The van der Waals surface area contributed by atoms with Gasteiger partial charge in [0.25, 0.3) is 0 Å². The summed E-state index contributed by atoms with van der Waals surface area (Å²) in [6, 6.07) is 7.57. The lowest BCUT2D eigenvalue weighted by molar-refractivity contribution is 0.112. The summed E-state index contributed by atoms with van der Waals surface area (Å²) in [5.74, 6) is 0. The van der Waals surface area contributed by atoms with E-state index in [0.717, 1.165) is 24.9 Å². The Bertz CT molecular complexity index is 358. The summed E-state index contributed by atoms with van der Waals surface area (Å²) < 4.78 is 0. The third-order valence-electron chi connectivity index (χ3n) is 3.09. The minimum absolute atomic E-state index is 0. The Morgan fingerprint density at radius 1 is 1.29 bits per heavy atom. The van der Waals surface area contributed by atoms with Crippen molar-refractivity contribution >= 4 is 24.4 Å². The third-order valence-corrected chi connectivity index (χ3v) is 3.09. The Balaban J connectivity index is 0.00000144. The van der Waals surface area contributed by atoms with Gasteiger partial charge < -0.3 is 5.32 Å². The van der Waals surface area contributed by atoms with E-state index in [-0.39, 0.29) is 18.1 Å². The monoisotopic (exact) mass is 254 g/mol. The van der Waals surface area contributed by atoms with E-state index < -0.39 is 0 Å². The topological polar surface area (TPSA) is 41.1 Å². The molecular formula is C13H19ClN2O. The van der Waals surface area contributed by atoms with Gasteiger partial charge in [-0.3, -0.25) is 10.1 Å². The second-order valence-electron chi connectivity index (χ2n) is 4.58.